The summed E-state index contributed by atoms with van der Waals surface area (Å²) < 4.78 is 20.2. The molecule has 0 amide bonds. The summed E-state index contributed by atoms with van der Waals surface area (Å²) in [5.41, 5.74) is 0.639. The lowest BCUT2D eigenvalue weighted by atomic mass is 9.94. The number of ketones is 1. The van der Waals surface area contributed by atoms with Gasteiger partial charge in [0.05, 0.1) is 13.2 Å². The van der Waals surface area contributed by atoms with Crippen LogP contribution in [-0.2, 0) is 11.3 Å². The zero-order valence-electron chi connectivity index (χ0n) is 16.6. The molecular formula is C22H33FN2O2. The Balaban J connectivity index is 1.44. The molecule has 0 bridgehead atoms. The predicted molar refractivity (Wildman–Crippen MR) is 105 cm³/mol. The molecule has 5 heteroatoms. The van der Waals surface area contributed by atoms with E-state index in [0.717, 1.165) is 25.9 Å². The Kier molecular flexibility index (Phi) is 7.65. The van der Waals surface area contributed by atoms with Crippen molar-refractivity contribution < 1.29 is 13.9 Å². The maximum Gasteiger partial charge on any atom is 0.147 e. The Morgan fingerprint density at radius 2 is 2.00 bits per heavy atom. The van der Waals surface area contributed by atoms with Gasteiger partial charge in [-0.3, -0.25) is 9.69 Å². The van der Waals surface area contributed by atoms with Crippen LogP contribution in [0.5, 0.6) is 5.75 Å². The van der Waals surface area contributed by atoms with E-state index in [2.05, 4.69) is 16.7 Å². The van der Waals surface area contributed by atoms with Crippen LogP contribution in [0.15, 0.2) is 18.2 Å². The first-order valence-electron chi connectivity index (χ1n) is 10.5. The van der Waals surface area contributed by atoms with Crippen LogP contribution in [0.2, 0.25) is 0 Å². The summed E-state index contributed by atoms with van der Waals surface area (Å²) in [4.78, 5) is 16.4. The van der Waals surface area contributed by atoms with Crippen molar-refractivity contribution in [3.8, 4) is 5.75 Å². The second-order valence-corrected chi connectivity index (χ2v) is 8.04. The molecule has 1 aromatic rings. The maximum atomic E-state index is 14.5. The van der Waals surface area contributed by atoms with Crippen LogP contribution in [0.4, 0.5) is 4.39 Å². The van der Waals surface area contributed by atoms with E-state index in [-0.39, 0.29) is 11.6 Å². The minimum absolute atomic E-state index is 0.241. The molecular weight excluding hydrogens is 343 g/mol. The van der Waals surface area contributed by atoms with Gasteiger partial charge in [0.25, 0.3) is 0 Å². The van der Waals surface area contributed by atoms with Crippen molar-refractivity contribution >= 4 is 5.78 Å². The topological polar surface area (TPSA) is 32.8 Å². The molecule has 0 aromatic heterocycles. The van der Waals surface area contributed by atoms with Crippen LogP contribution in [-0.4, -0.2) is 54.9 Å². The third kappa shape index (κ3) is 6.28. The summed E-state index contributed by atoms with van der Waals surface area (Å²) in [6, 6.07) is 5.14. The normalized spacial score (nSPS) is 22.1. The second-order valence-electron chi connectivity index (χ2n) is 8.04. The first kappa shape index (κ1) is 20.3. The van der Waals surface area contributed by atoms with E-state index in [0.29, 0.717) is 43.3 Å². The summed E-state index contributed by atoms with van der Waals surface area (Å²) in [6.07, 6.45) is 6.58. The molecule has 0 spiro atoms. The minimum Gasteiger partial charge on any atom is -0.493 e. The number of piperidine rings is 2. The van der Waals surface area contributed by atoms with Gasteiger partial charge < -0.3 is 9.64 Å². The Morgan fingerprint density at radius 1 is 1.19 bits per heavy atom. The van der Waals surface area contributed by atoms with Crippen LogP contribution in [0.3, 0.4) is 0 Å². The summed E-state index contributed by atoms with van der Waals surface area (Å²) >= 11 is 0. The lowest BCUT2D eigenvalue weighted by molar-refractivity contribution is -0.124. The standard InChI is InChI=1S/C22H33FN2O2/c1-2-18-13-20(26)17-25(15-18)16-19-7-8-21(14-22(19)23)27-12-6-11-24-9-4-3-5-10-24/h7-8,14,18H,2-6,9-13,15-17H2,1H3. The number of likely N-dealkylation sites (tertiary alicyclic amines) is 2. The smallest absolute Gasteiger partial charge is 0.147 e. The first-order valence-corrected chi connectivity index (χ1v) is 10.5. The quantitative estimate of drug-likeness (QED) is 0.645. The van der Waals surface area contributed by atoms with Gasteiger partial charge in [-0.15, -0.1) is 0 Å². The molecule has 0 N–H and O–H groups in total. The van der Waals surface area contributed by atoms with Crippen molar-refractivity contribution in [2.45, 2.75) is 52.0 Å². The van der Waals surface area contributed by atoms with E-state index in [1.807, 2.05) is 6.07 Å². The molecule has 3 rings (SSSR count). The van der Waals surface area contributed by atoms with Gasteiger partial charge >= 0.3 is 0 Å². The fourth-order valence-corrected chi connectivity index (χ4v) is 4.17. The molecule has 150 valence electrons. The van der Waals surface area contributed by atoms with Crippen molar-refractivity contribution in [1.29, 1.82) is 0 Å². The number of carbonyl (C=O) groups is 1. The van der Waals surface area contributed by atoms with E-state index in [4.69, 9.17) is 4.74 Å². The molecule has 1 unspecified atom stereocenters. The summed E-state index contributed by atoms with van der Waals surface area (Å²) in [5.74, 6) is 1.02. The summed E-state index contributed by atoms with van der Waals surface area (Å²) in [5, 5.41) is 0. The zero-order valence-corrected chi connectivity index (χ0v) is 16.6. The van der Waals surface area contributed by atoms with Crippen LogP contribution in [0, 0.1) is 11.7 Å². The number of hydrogen-bond donors (Lipinski definition) is 0. The Labute approximate surface area is 162 Å². The Bertz CT molecular complexity index is 616. The number of halogens is 1. The molecule has 2 aliphatic rings. The first-order chi connectivity index (χ1) is 13.1. The van der Waals surface area contributed by atoms with Gasteiger partial charge in [0.2, 0.25) is 0 Å². The molecule has 2 heterocycles. The number of carbonyl (C=O) groups excluding carboxylic acids is 1. The number of Topliss-reactive ketones (excluding diaryl/α,β-unsaturated/α-hetero) is 1. The third-order valence-electron chi connectivity index (χ3n) is 5.76. The molecule has 1 aromatic carbocycles. The average Bonchev–Trinajstić information content (AvgIpc) is 2.67. The van der Waals surface area contributed by atoms with Crippen molar-refractivity contribution in [3.05, 3.63) is 29.6 Å². The number of ether oxygens (including phenoxy) is 1. The van der Waals surface area contributed by atoms with Crippen LogP contribution in [0.25, 0.3) is 0 Å². The summed E-state index contributed by atoms with van der Waals surface area (Å²) in [7, 11) is 0. The zero-order chi connectivity index (χ0) is 19.1. The van der Waals surface area contributed by atoms with Crippen molar-refractivity contribution in [3.63, 3.8) is 0 Å². The predicted octanol–water partition coefficient (Wildman–Crippen LogP) is 3.88. The number of nitrogens with zero attached hydrogens (tertiary/aromatic N) is 2. The lowest BCUT2D eigenvalue weighted by Crippen LogP contribution is -2.40. The van der Waals surface area contributed by atoms with Crippen molar-refractivity contribution in [2.75, 3.05) is 39.3 Å². The fraction of sp³-hybridized carbons (Fsp3) is 0.682. The van der Waals surface area contributed by atoms with Gasteiger partial charge in [0.1, 0.15) is 17.3 Å². The van der Waals surface area contributed by atoms with E-state index in [1.54, 1.807) is 6.07 Å². The molecule has 2 aliphatic heterocycles. The monoisotopic (exact) mass is 376 g/mol. The largest absolute Gasteiger partial charge is 0.493 e. The van der Waals surface area contributed by atoms with Crippen molar-refractivity contribution in [2.24, 2.45) is 5.92 Å². The van der Waals surface area contributed by atoms with Crippen molar-refractivity contribution in [1.82, 2.24) is 9.80 Å². The maximum absolute atomic E-state index is 14.5. The van der Waals surface area contributed by atoms with Gasteiger partial charge in [-0.2, -0.15) is 0 Å². The molecule has 2 saturated heterocycles. The lowest BCUT2D eigenvalue weighted by Gasteiger charge is -2.31. The van der Waals surface area contributed by atoms with E-state index in [1.165, 1.54) is 38.4 Å². The highest BCUT2D eigenvalue weighted by Gasteiger charge is 2.24. The Hall–Kier alpha value is -1.46. The van der Waals surface area contributed by atoms with Crippen LogP contribution < -0.4 is 4.74 Å². The highest BCUT2D eigenvalue weighted by molar-refractivity contribution is 5.81. The van der Waals surface area contributed by atoms with Gasteiger partial charge in [0, 0.05) is 37.7 Å². The molecule has 4 nitrogen and oxygen atoms in total. The molecule has 0 saturated carbocycles. The molecule has 0 radical (unpaired) electrons. The van der Waals surface area contributed by atoms with Crippen LogP contribution >= 0.6 is 0 Å². The number of hydrogen-bond acceptors (Lipinski definition) is 4. The van der Waals surface area contributed by atoms with Gasteiger partial charge in [0.15, 0.2) is 0 Å². The summed E-state index contributed by atoms with van der Waals surface area (Å²) in [6.45, 7) is 7.97. The molecule has 1 atom stereocenters. The average molecular weight is 377 g/mol. The van der Waals surface area contributed by atoms with E-state index in [9.17, 15) is 9.18 Å². The van der Waals surface area contributed by atoms with Gasteiger partial charge in [-0.05, 0) is 44.3 Å². The SMILES string of the molecule is CCC1CC(=O)CN(Cc2ccc(OCCCN3CCCCC3)cc2F)C1. The van der Waals surface area contributed by atoms with Crippen LogP contribution in [0.1, 0.15) is 51.0 Å². The fourth-order valence-electron chi connectivity index (χ4n) is 4.17. The van der Waals surface area contributed by atoms with E-state index >= 15 is 0 Å². The van der Waals surface area contributed by atoms with Gasteiger partial charge in [-0.25, -0.2) is 4.39 Å². The van der Waals surface area contributed by atoms with E-state index < -0.39 is 0 Å². The number of benzene rings is 1. The minimum atomic E-state index is -0.241. The van der Waals surface area contributed by atoms with Gasteiger partial charge in [-0.1, -0.05) is 25.8 Å². The molecule has 2 fully saturated rings. The highest BCUT2D eigenvalue weighted by Crippen LogP contribution is 2.22. The molecule has 27 heavy (non-hydrogen) atoms. The number of rotatable bonds is 8. The third-order valence-corrected chi connectivity index (χ3v) is 5.76. The Morgan fingerprint density at radius 3 is 2.74 bits per heavy atom. The second kappa shape index (κ2) is 10.2. The molecule has 0 aliphatic carbocycles. The highest BCUT2D eigenvalue weighted by atomic mass is 19.1.